The lowest BCUT2D eigenvalue weighted by Crippen LogP contribution is -2.55. The average molecular weight is 556 g/mol. The van der Waals surface area contributed by atoms with Crippen LogP contribution in [-0.2, 0) is 16.6 Å². The molecule has 0 amide bonds. The number of methoxy groups -OCH3 is 1. The smallest absolute Gasteiger partial charge is 0.281 e. The van der Waals surface area contributed by atoms with Crippen LogP contribution >= 0.6 is 0 Å². The molecule has 1 aromatic carbocycles. The molecule has 1 aliphatic heterocycles. The number of benzene rings is 1. The van der Waals surface area contributed by atoms with Gasteiger partial charge in [-0.15, -0.1) is 5.10 Å². The molecule has 4 heterocycles. The zero-order valence-corrected chi connectivity index (χ0v) is 21.5. The molecule has 10 nitrogen and oxygen atoms in total. The van der Waals surface area contributed by atoms with E-state index in [4.69, 9.17) is 4.74 Å². The first-order chi connectivity index (χ1) is 17.9. The lowest BCUT2D eigenvalue weighted by atomic mass is 10.0. The van der Waals surface area contributed by atoms with Crippen molar-refractivity contribution in [1.82, 2.24) is 28.5 Å². The molecular formula is C23H25F4N7O3S. The number of imidazole rings is 1. The van der Waals surface area contributed by atoms with Crippen molar-refractivity contribution in [3.63, 3.8) is 0 Å². The number of aryl methyl sites for hydroxylation is 1. The van der Waals surface area contributed by atoms with Crippen LogP contribution in [0.25, 0.3) is 27.7 Å². The highest BCUT2D eigenvalue weighted by molar-refractivity contribution is 7.88. The fourth-order valence-electron chi connectivity index (χ4n) is 4.73. The number of aromatic nitrogens is 5. The maximum absolute atomic E-state index is 14.8. The molecule has 0 aliphatic carbocycles. The van der Waals surface area contributed by atoms with Crippen LogP contribution in [0.2, 0.25) is 0 Å². The fourth-order valence-corrected chi connectivity index (χ4v) is 5.58. The van der Waals surface area contributed by atoms with Gasteiger partial charge in [0.15, 0.2) is 0 Å². The Morgan fingerprint density at radius 3 is 2.66 bits per heavy atom. The van der Waals surface area contributed by atoms with Crippen molar-refractivity contribution >= 4 is 32.5 Å². The third kappa shape index (κ3) is 4.75. The molecule has 38 heavy (non-hydrogen) atoms. The third-order valence-corrected chi connectivity index (χ3v) is 7.83. The second-order valence-corrected chi connectivity index (χ2v) is 11.2. The molecule has 0 spiro atoms. The minimum Gasteiger partial charge on any atom is -0.479 e. The predicted molar refractivity (Wildman–Crippen MR) is 132 cm³/mol. The van der Waals surface area contributed by atoms with E-state index in [2.05, 4.69) is 20.4 Å². The Balaban J connectivity index is 1.49. The van der Waals surface area contributed by atoms with E-state index < -0.39 is 41.5 Å². The van der Waals surface area contributed by atoms with Crippen LogP contribution in [0.3, 0.4) is 0 Å². The Morgan fingerprint density at radius 2 is 2.00 bits per heavy atom. The number of piperidine rings is 1. The molecule has 0 unspecified atom stereocenters. The number of hydrogen-bond acceptors (Lipinski definition) is 7. The van der Waals surface area contributed by atoms with Gasteiger partial charge in [-0.2, -0.15) is 9.29 Å². The Labute approximate surface area is 215 Å². The lowest BCUT2D eigenvalue weighted by molar-refractivity contribution is -0.0541. The van der Waals surface area contributed by atoms with Crippen molar-refractivity contribution in [2.24, 2.45) is 0 Å². The highest BCUT2D eigenvalue weighted by atomic mass is 32.2. The quantitative estimate of drug-likeness (QED) is 0.349. The van der Waals surface area contributed by atoms with E-state index in [0.29, 0.717) is 33.5 Å². The average Bonchev–Trinajstić information content (AvgIpc) is 3.39. The van der Waals surface area contributed by atoms with Crippen molar-refractivity contribution in [3.8, 4) is 17.0 Å². The van der Waals surface area contributed by atoms with Crippen molar-refractivity contribution in [2.75, 3.05) is 31.8 Å². The molecule has 5 rings (SSSR count). The van der Waals surface area contributed by atoms with Gasteiger partial charge in [0.2, 0.25) is 21.9 Å². The summed E-state index contributed by atoms with van der Waals surface area (Å²) in [7, 11) is -2.37. The standard InChI is InChI=1S/C23H25F4N7O3S/c1-13-28-16-5-4-14(10-17(16)33(13)11-19(24)25)15-6-9-34-20(15)21(37-2)30-22(31-34)29-18-7-8-32(38(3,35)36)12-23(18,26)27/h4-6,9-10,18-19H,7-8,11-12H2,1-3H3,(H,29,31)/t18-/m1/s1. The Bertz CT molecular complexity index is 1620. The van der Waals surface area contributed by atoms with Gasteiger partial charge in [-0.05, 0) is 37.1 Å². The van der Waals surface area contributed by atoms with Crippen LogP contribution in [0.1, 0.15) is 12.2 Å². The minimum absolute atomic E-state index is 0.0662. The second kappa shape index (κ2) is 9.38. The number of nitrogens with one attached hydrogen (secondary N) is 1. The van der Waals surface area contributed by atoms with Crippen LogP contribution in [-0.4, -0.2) is 81.7 Å². The third-order valence-electron chi connectivity index (χ3n) is 6.58. The number of rotatable bonds is 7. The summed E-state index contributed by atoms with van der Waals surface area (Å²) < 4.78 is 88.4. The maximum atomic E-state index is 14.8. The Kier molecular flexibility index (Phi) is 6.46. The minimum atomic E-state index is -3.75. The zero-order valence-electron chi connectivity index (χ0n) is 20.7. The van der Waals surface area contributed by atoms with Gasteiger partial charge in [-0.1, -0.05) is 6.07 Å². The first kappa shape index (κ1) is 26.2. The normalized spacial score (nSPS) is 18.5. The molecule has 1 saturated heterocycles. The van der Waals surface area contributed by atoms with Gasteiger partial charge >= 0.3 is 0 Å². The number of fused-ring (bicyclic) bond motifs is 2. The molecule has 1 aliphatic rings. The van der Waals surface area contributed by atoms with Crippen molar-refractivity contribution in [1.29, 1.82) is 0 Å². The molecule has 15 heteroatoms. The van der Waals surface area contributed by atoms with E-state index in [1.807, 2.05) is 0 Å². The molecule has 1 atom stereocenters. The van der Waals surface area contributed by atoms with Crippen LogP contribution in [0.4, 0.5) is 23.5 Å². The summed E-state index contributed by atoms with van der Waals surface area (Å²) in [6, 6.07) is 5.61. The van der Waals surface area contributed by atoms with E-state index in [-0.39, 0.29) is 24.8 Å². The van der Waals surface area contributed by atoms with E-state index in [1.165, 1.54) is 16.2 Å². The summed E-state index contributed by atoms with van der Waals surface area (Å²) in [6.45, 7) is 0.164. The number of halogens is 4. The van der Waals surface area contributed by atoms with Crippen molar-refractivity contribution in [3.05, 3.63) is 36.3 Å². The Hall–Kier alpha value is -3.46. The van der Waals surface area contributed by atoms with Crippen LogP contribution in [0, 0.1) is 6.92 Å². The SMILES string of the molecule is COc1nc(N[C@@H]2CCN(S(C)(=O)=O)CC2(F)F)nn2ccc(-c3ccc4nc(C)n(CC(F)F)c4c3)c12. The molecule has 204 valence electrons. The fraction of sp³-hybridized carbons (Fsp3) is 0.435. The summed E-state index contributed by atoms with van der Waals surface area (Å²) in [6.07, 6.45) is -0.188. The van der Waals surface area contributed by atoms with Gasteiger partial charge in [0.25, 0.3) is 12.3 Å². The monoisotopic (exact) mass is 555 g/mol. The van der Waals surface area contributed by atoms with Gasteiger partial charge < -0.3 is 14.6 Å². The largest absolute Gasteiger partial charge is 0.479 e. The predicted octanol–water partition coefficient (Wildman–Crippen LogP) is 3.41. The van der Waals surface area contributed by atoms with Crippen LogP contribution in [0.15, 0.2) is 30.5 Å². The summed E-state index contributed by atoms with van der Waals surface area (Å²) >= 11 is 0. The number of hydrogen-bond donors (Lipinski definition) is 1. The van der Waals surface area contributed by atoms with Gasteiger partial charge in [0.1, 0.15) is 11.3 Å². The summed E-state index contributed by atoms with van der Waals surface area (Å²) in [5.74, 6) is -2.90. The first-order valence-corrected chi connectivity index (χ1v) is 13.5. The molecule has 1 N–H and O–H groups in total. The first-order valence-electron chi connectivity index (χ1n) is 11.7. The molecule has 3 aromatic heterocycles. The molecule has 0 bridgehead atoms. The van der Waals surface area contributed by atoms with Crippen LogP contribution in [0.5, 0.6) is 5.88 Å². The van der Waals surface area contributed by atoms with Crippen LogP contribution < -0.4 is 10.1 Å². The zero-order chi connectivity index (χ0) is 27.4. The molecule has 1 fully saturated rings. The number of sulfonamides is 1. The number of anilines is 1. The highest BCUT2D eigenvalue weighted by Gasteiger charge is 2.47. The highest BCUT2D eigenvalue weighted by Crippen LogP contribution is 2.35. The summed E-state index contributed by atoms with van der Waals surface area (Å²) in [5, 5.41) is 6.95. The molecule has 0 saturated carbocycles. The summed E-state index contributed by atoms with van der Waals surface area (Å²) in [4.78, 5) is 8.63. The Morgan fingerprint density at radius 1 is 1.24 bits per heavy atom. The number of nitrogens with zero attached hydrogens (tertiary/aromatic N) is 6. The maximum Gasteiger partial charge on any atom is 0.281 e. The van der Waals surface area contributed by atoms with Crippen molar-refractivity contribution in [2.45, 2.75) is 38.3 Å². The lowest BCUT2D eigenvalue weighted by Gasteiger charge is -2.37. The van der Waals surface area contributed by atoms with E-state index in [9.17, 15) is 26.0 Å². The number of alkyl halides is 4. The molecule has 0 radical (unpaired) electrons. The van der Waals surface area contributed by atoms with E-state index in [1.54, 1.807) is 37.4 Å². The topological polar surface area (TPSA) is 107 Å². The second-order valence-electron chi connectivity index (χ2n) is 9.17. The van der Waals surface area contributed by atoms with Gasteiger partial charge in [0.05, 0.1) is 43.5 Å². The summed E-state index contributed by atoms with van der Waals surface area (Å²) in [5.41, 5.74) is 2.89. The van der Waals surface area contributed by atoms with E-state index >= 15 is 0 Å². The molecule has 4 aromatic rings. The van der Waals surface area contributed by atoms with Gasteiger partial charge in [0, 0.05) is 18.3 Å². The number of ether oxygens (including phenoxy) is 1. The van der Waals surface area contributed by atoms with Crippen molar-refractivity contribution < 1.29 is 30.7 Å². The van der Waals surface area contributed by atoms with Gasteiger partial charge in [-0.25, -0.2) is 35.5 Å². The van der Waals surface area contributed by atoms with E-state index in [0.717, 1.165) is 10.6 Å². The van der Waals surface area contributed by atoms with Gasteiger partial charge in [-0.3, -0.25) is 0 Å². The molecular weight excluding hydrogens is 530 g/mol.